The van der Waals surface area contributed by atoms with Crippen LogP contribution in [0.5, 0.6) is 5.75 Å². The van der Waals surface area contributed by atoms with Crippen LogP contribution in [0.4, 0.5) is 27.4 Å². The zero-order valence-electron chi connectivity index (χ0n) is 22.1. The summed E-state index contributed by atoms with van der Waals surface area (Å²) in [5.41, 5.74) is 3.45. The summed E-state index contributed by atoms with van der Waals surface area (Å²) in [5.74, 6) is 0.0886. The predicted molar refractivity (Wildman–Crippen MR) is 149 cm³/mol. The number of benzene rings is 2. The number of aryl methyl sites for hydroxylation is 1. The number of hydrogen-bond donors (Lipinski definition) is 2. The third-order valence-corrected chi connectivity index (χ3v) is 6.04. The van der Waals surface area contributed by atoms with E-state index in [1.807, 2.05) is 38.2 Å². The van der Waals surface area contributed by atoms with Gasteiger partial charge in [-0.2, -0.15) is 5.10 Å². The minimum atomic E-state index is -0.385. The summed E-state index contributed by atoms with van der Waals surface area (Å²) in [4.78, 5) is 25.2. The summed E-state index contributed by atoms with van der Waals surface area (Å²) in [6.45, 7) is 5.10. The molecule has 4 rings (SSSR count). The van der Waals surface area contributed by atoms with Crippen LogP contribution in [-0.4, -0.2) is 71.9 Å². The van der Waals surface area contributed by atoms with Gasteiger partial charge in [-0.15, -0.1) is 0 Å². The lowest BCUT2D eigenvalue weighted by Crippen LogP contribution is -2.29. The largest absolute Gasteiger partial charge is 0.494 e. The zero-order chi connectivity index (χ0) is 27.4. The van der Waals surface area contributed by atoms with E-state index in [9.17, 15) is 9.18 Å². The molecular formula is C27H31FN8O2. The molecule has 198 valence electrons. The summed E-state index contributed by atoms with van der Waals surface area (Å²) in [7, 11) is 9.20. The van der Waals surface area contributed by atoms with E-state index in [1.165, 1.54) is 16.8 Å². The molecule has 0 aliphatic heterocycles. The number of fused-ring (bicyclic) bond motifs is 1. The zero-order valence-corrected chi connectivity index (χ0v) is 22.1. The van der Waals surface area contributed by atoms with E-state index in [4.69, 9.17) is 4.74 Å². The van der Waals surface area contributed by atoms with Gasteiger partial charge in [-0.3, -0.25) is 9.48 Å². The number of carbonyl (C=O) groups is 1. The SMILES string of the molecule is C=CC(=O)Nc1cc(Nc2nccc(-c3cc(F)c4c(cnn4C)c3)n2)c(OC)cc1N(C)CCN(C)C. The van der Waals surface area contributed by atoms with Crippen molar-refractivity contribution in [2.24, 2.45) is 7.05 Å². The highest BCUT2D eigenvalue weighted by Crippen LogP contribution is 2.38. The fourth-order valence-electron chi connectivity index (χ4n) is 4.02. The van der Waals surface area contributed by atoms with Gasteiger partial charge in [-0.1, -0.05) is 6.58 Å². The monoisotopic (exact) mass is 518 g/mol. The van der Waals surface area contributed by atoms with Gasteiger partial charge in [-0.25, -0.2) is 14.4 Å². The molecule has 0 unspecified atom stereocenters. The first-order chi connectivity index (χ1) is 18.2. The van der Waals surface area contributed by atoms with Gasteiger partial charge in [0.05, 0.1) is 36.1 Å². The van der Waals surface area contributed by atoms with Gasteiger partial charge >= 0.3 is 0 Å². The Morgan fingerprint density at radius 3 is 2.68 bits per heavy atom. The van der Waals surface area contributed by atoms with Crippen LogP contribution in [0.2, 0.25) is 0 Å². The van der Waals surface area contributed by atoms with Crippen molar-refractivity contribution in [3.05, 3.63) is 61.2 Å². The van der Waals surface area contributed by atoms with Crippen molar-refractivity contribution in [1.82, 2.24) is 24.6 Å². The highest BCUT2D eigenvalue weighted by molar-refractivity contribution is 6.02. The maximum absolute atomic E-state index is 14.8. The third kappa shape index (κ3) is 5.73. The van der Waals surface area contributed by atoms with E-state index in [0.717, 1.165) is 18.8 Å². The van der Waals surface area contributed by atoms with Crippen molar-refractivity contribution in [2.45, 2.75) is 0 Å². The van der Waals surface area contributed by atoms with Crippen LogP contribution in [0, 0.1) is 5.82 Å². The fraction of sp³-hybridized carbons (Fsp3) is 0.259. The highest BCUT2D eigenvalue weighted by Gasteiger charge is 2.17. The lowest BCUT2D eigenvalue weighted by atomic mass is 10.1. The van der Waals surface area contributed by atoms with Crippen molar-refractivity contribution >= 4 is 39.8 Å². The Bertz CT molecular complexity index is 1480. The van der Waals surface area contributed by atoms with Gasteiger partial charge in [0, 0.05) is 50.4 Å². The molecule has 0 saturated heterocycles. The Hall–Kier alpha value is -4.51. The molecule has 0 bridgehead atoms. The van der Waals surface area contributed by atoms with Gasteiger partial charge in [0.1, 0.15) is 17.1 Å². The van der Waals surface area contributed by atoms with E-state index in [-0.39, 0.29) is 17.7 Å². The first-order valence-electron chi connectivity index (χ1n) is 11.9. The summed E-state index contributed by atoms with van der Waals surface area (Å²) >= 11 is 0. The van der Waals surface area contributed by atoms with Gasteiger partial charge in [-0.05, 0) is 44.4 Å². The second kappa shape index (κ2) is 11.3. The molecular weight excluding hydrogens is 487 g/mol. The van der Waals surface area contributed by atoms with Crippen LogP contribution in [-0.2, 0) is 11.8 Å². The van der Waals surface area contributed by atoms with E-state index in [2.05, 4.69) is 37.2 Å². The Labute approximate surface area is 220 Å². The van der Waals surface area contributed by atoms with Crippen LogP contribution < -0.4 is 20.3 Å². The average Bonchev–Trinajstić information content (AvgIpc) is 3.28. The smallest absolute Gasteiger partial charge is 0.247 e. The molecule has 38 heavy (non-hydrogen) atoms. The molecule has 4 aromatic rings. The molecule has 2 aromatic carbocycles. The summed E-state index contributed by atoms with van der Waals surface area (Å²) in [6, 6.07) is 8.57. The second-order valence-corrected chi connectivity index (χ2v) is 9.04. The van der Waals surface area contributed by atoms with Gasteiger partial charge in [0.25, 0.3) is 0 Å². The summed E-state index contributed by atoms with van der Waals surface area (Å²) in [6.07, 6.45) is 4.42. The van der Waals surface area contributed by atoms with Crippen LogP contribution >= 0.6 is 0 Å². The molecule has 0 aliphatic carbocycles. The molecule has 2 aromatic heterocycles. The summed E-state index contributed by atoms with van der Waals surface area (Å²) < 4.78 is 21.9. The Morgan fingerprint density at radius 2 is 1.97 bits per heavy atom. The first kappa shape index (κ1) is 26.6. The number of anilines is 4. The predicted octanol–water partition coefficient (Wildman–Crippen LogP) is 4.04. The molecule has 0 saturated carbocycles. The molecule has 1 amide bonds. The van der Waals surface area contributed by atoms with Crippen LogP contribution in [0.25, 0.3) is 22.2 Å². The number of carbonyl (C=O) groups excluding carboxylic acids is 1. The van der Waals surface area contributed by atoms with E-state index in [1.54, 1.807) is 38.7 Å². The lowest BCUT2D eigenvalue weighted by molar-refractivity contribution is -0.111. The van der Waals surface area contributed by atoms with Crippen molar-refractivity contribution in [3.63, 3.8) is 0 Å². The molecule has 0 aliphatic rings. The number of aromatic nitrogens is 4. The van der Waals surface area contributed by atoms with Crippen LogP contribution in [0.15, 0.2) is 55.4 Å². The van der Waals surface area contributed by atoms with Gasteiger partial charge in [0.15, 0.2) is 0 Å². The Morgan fingerprint density at radius 1 is 1.18 bits per heavy atom. The standard InChI is InChI=1S/C27H31FN8O2/c1-7-25(37)31-21-14-22(24(38-6)15-23(21)35(4)11-10-34(2)3)33-27-29-9-8-20(32-27)17-12-18-16-30-36(5)26(18)19(28)13-17/h7-9,12-16H,1,10-11H2,2-6H3,(H,31,37)(H,29,32,33). The maximum Gasteiger partial charge on any atom is 0.247 e. The first-order valence-corrected chi connectivity index (χ1v) is 11.9. The van der Waals surface area contributed by atoms with Crippen molar-refractivity contribution in [3.8, 4) is 17.0 Å². The van der Waals surface area contributed by atoms with Gasteiger partial charge < -0.3 is 25.2 Å². The number of ether oxygens (including phenoxy) is 1. The minimum absolute atomic E-state index is 0.280. The van der Waals surface area contributed by atoms with Crippen molar-refractivity contribution in [2.75, 3.05) is 56.9 Å². The summed E-state index contributed by atoms with van der Waals surface area (Å²) in [5, 5.41) is 10.9. The number of nitrogens with zero attached hydrogens (tertiary/aromatic N) is 6. The fourth-order valence-corrected chi connectivity index (χ4v) is 4.02. The Kier molecular flexibility index (Phi) is 7.87. The number of methoxy groups -OCH3 is 1. The molecule has 2 heterocycles. The Balaban J connectivity index is 1.69. The number of rotatable bonds is 10. The molecule has 2 N–H and O–H groups in total. The molecule has 0 spiro atoms. The van der Waals surface area contributed by atoms with Crippen molar-refractivity contribution < 1.29 is 13.9 Å². The van der Waals surface area contributed by atoms with Gasteiger partial charge in [0.2, 0.25) is 11.9 Å². The number of likely N-dealkylation sites (N-methyl/N-ethyl adjacent to an activating group) is 2. The second-order valence-electron chi connectivity index (χ2n) is 9.04. The van der Waals surface area contributed by atoms with Crippen LogP contribution in [0.3, 0.4) is 0 Å². The van der Waals surface area contributed by atoms with Crippen LogP contribution in [0.1, 0.15) is 0 Å². The quantitative estimate of drug-likeness (QED) is 0.304. The number of hydrogen-bond acceptors (Lipinski definition) is 8. The van der Waals surface area contributed by atoms with E-state index < -0.39 is 0 Å². The van der Waals surface area contributed by atoms with E-state index >= 15 is 0 Å². The van der Waals surface area contributed by atoms with Crippen molar-refractivity contribution in [1.29, 1.82) is 0 Å². The number of amides is 1. The maximum atomic E-state index is 14.8. The average molecular weight is 519 g/mol. The third-order valence-electron chi connectivity index (χ3n) is 6.04. The molecule has 11 heteroatoms. The molecule has 0 radical (unpaired) electrons. The molecule has 0 atom stereocenters. The lowest BCUT2D eigenvalue weighted by Gasteiger charge is -2.26. The number of halogens is 1. The topological polar surface area (TPSA) is 100 Å². The highest BCUT2D eigenvalue weighted by atomic mass is 19.1. The molecule has 0 fully saturated rings. The van der Waals surface area contributed by atoms with E-state index in [0.29, 0.717) is 39.3 Å². The normalized spacial score (nSPS) is 11.0. The molecule has 10 nitrogen and oxygen atoms in total. The minimum Gasteiger partial charge on any atom is -0.494 e. The number of nitrogens with one attached hydrogen (secondary N) is 2.